The van der Waals surface area contributed by atoms with Crippen LogP contribution in [0.4, 0.5) is 0 Å². The summed E-state index contributed by atoms with van der Waals surface area (Å²) in [5.41, 5.74) is 0.978. The smallest absolute Gasteiger partial charge is 0.182 e. The molecule has 2 fully saturated rings. The van der Waals surface area contributed by atoms with Gasteiger partial charge >= 0.3 is 0 Å². The number of aromatic nitrogens is 4. The Labute approximate surface area is 150 Å². The molecule has 2 aliphatic rings. The minimum Gasteiger partial charge on any atom is -0.468 e. The van der Waals surface area contributed by atoms with Gasteiger partial charge in [-0.05, 0) is 22.6 Å². The van der Waals surface area contributed by atoms with Crippen LogP contribution < -0.4 is 5.32 Å². The summed E-state index contributed by atoms with van der Waals surface area (Å²) in [5, 5.41) is 15.7. The van der Waals surface area contributed by atoms with Crippen LogP contribution in [0.3, 0.4) is 0 Å². The Kier molecular flexibility index (Phi) is 4.00. The van der Waals surface area contributed by atoms with Crippen molar-refractivity contribution in [2.24, 2.45) is 0 Å². The quantitative estimate of drug-likeness (QED) is 0.742. The molecule has 2 aliphatic heterocycles. The molecule has 0 bridgehead atoms. The van der Waals surface area contributed by atoms with Crippen molar-refractivity contribution in [3.05, 3.63) is 54.5 Å². The van der Waals surface area contributed by atoms with Crippen molar-refractivity contribution in [1.29, 1.82) is 0 Å². The van der Waals surface area contributed by atoms with Gasteiger partial charge in [-0.15, -0.1) is 5.10 Å². The third-order valence-corrected chi connectivity index (χ3v) is 4.98. The van der Waals surface area contributed by atoms with Gasteiger partial charge in [-0.1, -0.05) is 30.3 Å². The molecule has 5 rings (SSSR count). The fourth-order valence-electron chi connectivity index (χ4n) is 3.70. The lowest BCUT2D eigenvalue weighted by Gasteiger charge is -2.18. The molecule has 1 N–H and O–H groups in total. The van der Waals surface area contributed by atoms with Crippen LogP contribution in [0.2, 0.25) is 0 Å². The first-order valence-corrected chi connectivity index (χ1v) is 8.72. The topological polar surface area (TPSA) is 87.2 Å². The van der Waals surface area contributed by atoms with E-state index in [-0.39, 0.29) is 24.3 Å². The Balaban J connectivity index is 1.32. The van der Waals surface area contributed by atoms with Crippen molar-refractivity contribution in [2.45, 2.75) is 30.8 Å². The molecular formula is C18H19N5O3. The van der Waals surface area contributed by atoms with Crippen LogP contribution in [0.15, 0.2) is 53.1 Å². The number of benzene rings is 1. The van der Waals surface area contributed by atoms with Crippen LogP contribution in [-0.4, -0.2) is 51.7 Å². The van der Waals surface area contributed by atoms with E-state index in [0.29, 0.717) is 19.8 Å². The van der Waals surface area contributed by atoms with Gasteiger partial charge in [-0.2, -0.15) is 0 Å². The first kappa shape index (κ1) is 15.7. The van der Waals surface area contributed by atoms with Gasteiger partial charge < -0.3 is 19.2 Å². The van der Waals surface area contributed by atoms with Gasteiger partial charge in [-0.25, -0.2) is 4.68 Å². The van der Waals surface area contributed by atoms with Gasteiger partial charge in [0.15, 0.2) is 5.82 Å². The molecule has 26 heavy (non-hydrogen) atoms. The maximum Gasteiger partial charge on any atom is 0.182 e. The highest BCUT2D eigenvalue weighted by Crippen LogP contribution is 2.35. The highest BCUT2D eigenvalue weighted by atomic mass is 16.6. The highest BCUT2D eigenvalue weighted by molar-refractivity contribution is 5.54. The Morgan fingerprint density at radius 3 is 2.77 bits per heavy atom. The van der Waals surface area contributed by atoms with E-state index in [9.17, 15) is 0 Å². The van der Waals surface area contributed by atoms with Crippen molar-refractivity contribution in [3.8, 4) is 11.4 Å². The second-order valence-corrected chi connectivity index (χ2v) is 6.54. The molecule has 4 heterocycles. The van der Waals surface area contributed by atoms with Gasteiger partial charge in [-0.3, -0.25) is 0 Å². The van der Waals surface area contributed by atoms with Gasteiger partial charge in [0.1, 0.15) is 24.0 Å². The van der Waals surface area contributed by atoms with E-state index < -0.39 is 0 Å². The van der Waals surface area contributed by atoms with Gasteiger partial charge in [0.25, 0.3) is 0 Å². The second kappa shape index (κ2) is 6.64. The van der Waals surface area contributed by atoms with E-state index >= 15 is 0 Å². The zero-order valence-electron chi connectivity index (χ0n) is 14.1. The Morgan fingerprint density at radius 2 is 1.92 bits per heavy atom. The molecule has 0 radical (unpaired) electrons. The maximum absolute atomic E-state index is 6.05. The van der Waals surface area contributed by atoms with Crippen LogP contribution in [0.25, 0.3) is 11.4 Å². The normalized spacial score (nSPS) is 27.7. The van der Waals surface area contributed by atoms with E-state index in [0.717, 1.165) is 17.1 Å². The standard InChI is InChI=1S/C18H19N5O3/c1-2-5-12(6-3-1)18-20-21-22-23(18)15-11-26-16-14(10-25-17(15)16)19-9-13-7-4-8-24-13/h1-8,14-17,19H,9-11H2. The zero-order valence-corrected chi connectivity index (χ0v) is 14.1. The van der Waals surface area contributed by atoms with Crippen molar-refractivity contribution in [3.63, 3.8) is 0 Å². The number of hydrogen-bond donors (Lipinski definition) is 1. The fraction of sp³-hybridized carbons (Fsp3) is 0.389. The van der Waals surface area contributed by atoms with E-state index in [2.05, 4.69) is 20.8 Å². The Bertz CT molecular complexity index is 851. The van der Waals surface area contributed by atoms with Crippen LogP contribution in [0, 0.1) is 0 Å². The molecule has 0 amide bonds. The molecule has 0 saturated carbocycles. The van der Waals surface area contributed by atoms with Crippen molar-refractivity contribution < 1.29 is 13.9 Å². The SMILES string of the molecule is c1ccc(-c2nnnn2C2COC3C(NCc4ccco4)COC32)cc1. The van der Waals surface area contributed by atoms with Gasteiger partial charge in [0.2, 0.25) is 0 Å². The van der Waals surface area contributed by atoms with Crippen LogP contribution in [0.5, 0.6) is 0 Å². The van der Waals surface area contributed by atoms with E-state index in [1.807, 2.05) is 47.1 Å². The Morgan fingerprint density at radius 1 is 1.04 bits per heavy atom. The zero-order chi connectivity index (χ0) is 17.3. The number of ether oxygens (including phenoxy) is 2. The van der Waals surface area contributed by atoms with E-state index in [4.69, 9.17) is 13.9 Å². The van der Waals surface area contributed by atoms with Crippen LogP contribution in [0.1, 0.15) is 11.8 Å². The lowest BCUT2D eigenvalue weighted by Crippen LogP contribution is -2.40. The van der Waals surface area contributed by atoms with E-state index in [1.165, 1.54) is 0 Å². The first-order valence-electron chi connectivity index (χ1n) is 8.72. The molecule has 0 aliphatic carbocycles. The molecule has 0 spiro atoms. The third kappa shape index (κ3) is 2.72. The number of nitrogens with one attached hydrogen (secondary N) is 1. The Hall–Kier alpha value is -2.55. The van der Waals surface area contributed by atoms with Crippen LogP contribution in [-0.2, 0) is 16.0 Å². The van der Waals surface area contributed by atoms with Crippen molar-refractivity contribution >= 4 is 0 Å². The number of fused-ring (bicyclic) bond motifs is 1. The van der Waals surface area contributed by atoms with Gasteiger partial charge in [0, 0.05) is 5.56 Å². The first-order chi connectivity index (χ1) is 12.9. The minimum absolute atomic E-state index is 0.0252. The average Bonchev–Trinajstić information content (AvgIpc) is 3.44. The number of hydrogen-bond acceptors (Lipinski definition) is 7. The summed E-state index contributed by atoms with van der Waals surface area (Å²) in [6.07, 6.45) is 1.58. The lowest BCUT2D eigenvalue weighted by atomic mass is 10.1. The largest absolute Gasteiger partial charge is 0.468 e. The summed E-state index contributed by atoms with van der Waals surface area (Å²) in [7, 11) is 0. The lowest BCUT2D eigenvalue weighted by molar-refractivity contribution is 0.0621. The highest BCUT2D eigenvalue weighted by Gasteiger charge is 2.49. The van der Waals surface area contributed by atoms with Crippen molar-refractivity contribution in [1.82, 2.24) is 25.5 Å². The minimum atomic E-state index is -0.0740. The molecular weight excluding hydrogens is 334 g/mol. The fourth-order valence-corrected chi connectivity index (χ4v) is 3.70. The molecule has 8 nitrogen and oxygen atoms in total. The molecule has 134 valence electrons. The third-order valence-electron chi connectivity index (χ3n) is 4.98. The summed E-state index contributed by atoms with van der Waals surface area (Å²) < 4.78 is 19.3. The molecule has 3 aromatic rings. The summed E-state index contributed by atoms with van der Waals surface area (Å²) in [6, 6.07) is 13.8. The number of tetrazole rings is 1. The molecule has 4 unspecified atom stereocenters. The summed E-state index contributed by atoms with van der Waals surface area (Å²) >= 11 is 0. The van der Waals surface area contributed by atoms with Crippen molar-refractivity contribution in [2.75, 3.05) is 13.2 Å². The van der Waals surface area contributed by atoms with E-state index in [1.54, 1.807) is 6.26 Å². The molecule has 2 saturated heterocycles. The van der Waals surface area contributed by atoms with Crippen LogP contribution >= 0.6 is 0 Å². The number of nitrogens with zero attached hydrogens (tertiary/aromatic N) is 4. The molecule has 4 atom stereocenters. The summed E-state index contributed by atoms with van der Waals surface area (Å²) in [5.74, 6) is 1.63. The molecule has 8 heteroatoms. The number of furan rings is 1. The molecule has 2 aromatic heterocycles. The molecule has 1 aromatic carbocycles. The monoisotopic (exact) mass is 353 g/mol. The summed E-state index contributed by atoms with van der Waals surface area (Å²) in [6.45, 7) is 1.77. The summed E-state index contributed by atoms with van der Waals surface area (Å²) in [4.78, 5) is 0. The maximum atomic E-state index is 6.05. The predicted octanol–water partition coefficient (Wildman–Crippen LogP) is 1.43. The predicted molar refractivity (Wildman–Crippen MR) is 91.1 cm³/mol. The second-order valence-electron chi connectivity index (χ2n) is 6.54. The number of rotatable bonds is 5. The average molecular weight is 353 g/mol. The van der Waals surface area contributed by atoms with Gasteiger partial charge in [0.05, 0.1) is 32.1 Å².